The molecule has 0 aromatic carbocycles. The van der Waals surface area contributed by atoms with Crippen molar-refractivity contribution in [2.24, 2.45) is 5.92 Å². The van der Waals surface area contributed by atoms with Crippen molar-refractivity contribution in [3.63, 3.8) is 0 Å². The average Bonchev–Trinajstić information content (AvgIpc) is 2.33. The molecule has 48 valence electrons. The first-order chi connectivity index (χ1) is 4.47. The van der Waals surface area contributed by atoms with Gasteiger partial charge in [-0.05, 0) is 12.3 Å². The van der Waals surface area contributed by atoms with Crippen molar-refractivity contribution in [1.82, 2.24) is 5.32 Å². The van der Waals surface area contributed by atoms with Gasteiger partial charge in [-0.3, -0.25) is 0 Å². The highest BCUT2D eigenvalue weighted by molar-refractivity contribution is 5.25. The molecule has 1 aliphatic carbocycles. The second-order valence-corrected chi connectivity index (χ2v) is 2.73. The van der Waals surface area contributed by atoms with Crippen LogP contribution in [0.2, 0.25) is 0 Å². The summed E-state index contributed by atoms with van der Waals surface area (Å²) in [6.07, 6.45) is 7.91. The van der Waals surface area contributed by atoms with Crippen molar-refractivity contribution >= 4 is 0 Å². The Morgan fingerprint density at radius 3 is 3.44 bits per heavy atom. The number of rotatable bonds is 0. The molecule has 0 saturated carbocycles. The standard InChI is InChI=1S/C8H11N/c1-2-4-8-6-9-5-7(8)3-1/h1-3,8-9H,4-6H2. The van der Waals surface area contributed by atoms with Gasteiger partial charge in [0.25, 0.3) is 0 Å². The molecule has 1 fully saturated rings. The zero-order valence-electron chi connectivity index (χ0n) is 5.43. The quantitative estimate of drug-likeness (QED) is 0.506. The van der Waals surface area contributed by atoms with Crippen LogP contribution in [0.3, 0.4) is 0 Å². The summed E-state index contributed by atoms with van der Waals surface area (Å²) in [5.74, 6) is 0.829. The molecule has 0 radical (unpaired) electrons. The van der Waals surface area contributed by atoms with Crippen LogP contribution in [0, 0.1) is 5.92 Å². The Hall–Kier alpha value is -0.560. The Bertz CT molecular complexity index is 167. The predicted molar refractivity (Wildman–Crippen MR) is 38.2 cm³/mol. The predicted octanol–water partition coefficient (Wildman–Crippen LogP) is 1.09. The fourth-order valence-corrected chi connectivity index (χ4v) is 1.53. The lowest BCUT2D eigenvalue weighted by Crippen LogP contribution is -2.08. The van der Waals surface area contributed by atoms with Crippen LogP contribution < -0.4 is 5.32 Å². The summed E-state index contributed by atoms with van der Waals surface area (Å²) in [5, 5.41) is 3.36. The molecule has 0 spiro atoms. The summed E-state index contributed by atoms with van der Waals surface area (Å²) in [4.78, 5) is 0. The molecule has 1 N–H and O–H groups in total. The third-order valence-electron chi connectivity index (χ3n) is 2.11. The van der Waals surface area contributed by atoms with Crippen molar-refractivity contribution in [2.75, 3.05) is 13.1 Å². The first-order valence-corrected chi connectivity index (χ1v) is 3.53. The Morgan fingerprint density at radius 1 is 1.56 bits per heavy atom. The van der Waals surface area contributed by atoms with Crippen LogP contribution in [-0.4, -0.2) is 13.1 Å². The van der Waals surface area contributed by atoms with E-state index in [2.05, 4.69) is 23.5 Å². The van der Waals surface area contributed by atoms with Crippen LogP contribution in [0.4, 0.5) is 0 Å². The molecule has 1 unspecified atom stereocenters. The number of hydrogen-bond donors (Lipinski definition) is 1. The number of hydrogen-bond acceptors (Lipinski definition) is 1. The Morgan fingerprint density at radius 2 is 2.56 bits per heavy atom. The van der Waals surface area contributed by atoms with Gasteiger partial charge in [0, 0.05) is 13.1 Å². The summed E-state index contributed by atoms with van der Waals surface area (Å²) >= 11 is 0. The van der Waals surface area contributed by atoms with Crippen molar-refractivity contribution in [3.8, 4) is 0 Å². The first kappa shape index (κ1) is 5.24. The number of allylic oxidation sites excluding steroid dienone is 3. The fourth-order valence-electron chi connectivity index (χ4n) is 1.53. The molecule has 0 aromatic rings. The molecule has 1 nitrogen and oxygen atoms in total. The van der Waals surface area contributed by atoms with Crippen LogP contribution in [0.5, 0.6) is 0 Å². The van der Waals surface area contributed by atoms with Gasteiger partial charge in [-0.2, -0.15) is 0 Å². The normalized spacial score (nSPS) is 32.0. The van der Waals surface area contributed by atoms with Crippen LogP contribution in [-0.2, 0) is 0 Å². The molecule has 1 aliphatic heterocycles. The second-order valence-electron chi connectivity index (χ2n) is 2.73. The molecule has 9 heavy (non-hydrogen) atoms. The molecule has 1 saturated heterocycles. The van der Waals surface area contributed by atoms with Crippen molar-refractivity contribution in [1.29, 1.82) is 0 Å². The van der Waals surface area contributed by atoms with E-state index in [0.717, 1.165) is 12.5 Å². The van der Waals surface area contributed by atoms with E-state index < -0.39 is 0 Å². The van der Waals surface area contributed by atoms with Gasteiger partial charge < -0.3 is 5.32 Å². The van der Waals surface area contributed by atoms with Crippen LogP contribution >= 0.6 is 0 Å². The molecule has 2 rings (SSSR count). The zero-order chi connectivity index (χ0) is 6.10. The summed E-state index contributed by atoms with van der Waals surface area (Å²) in [5.41, 5.74) is 1.59. The molecule has 1 heteroatoms. The Labute approximate surface area is 55.5 Å². The number of nitrogens with one attached hydrogen (secondary N) is 1. The Kier molecular flexibility index (Phi) is 1.16. The lowest BCUT2D eigenvalue weighted by Gasteiger charge is -2.09. The third kappa shape index (κ3) is 0.815. The SMILES string of the molecule is C1=CCC2CNCC2=C1. The molecule has 1 heterocycles. The fraction of sp³-hybridized carbons (Fsp3) is 0.500. The Balaban J connectivity index is 2.23. The van der Waals surface area contributed by atoms with Gasteiger partial charge >= 0.3 is 0 Å². The summed E-state index contributed by atoms with van der Waals surface area (Å²) in [6, 6.07) is 0. The molecule has 0 bridgehead atoms. The molecular weight excluding hydrogens is 110 g/mol. The van der Waals surface area contributed by atoms with Gasteiger partial charge in [-0.1, -0.05) is 23.8 Å². The summed E-state index contributed by atoms with van der Waals surface area (Å²) in [6.45, 7) is 2.31. The van der Waals surface area contributed by atoms with Crippen LogP contribution in [0.1, 0.15) is 6.42 Å². The highest BCUT2D eigenvalue weighted by atomic mass is 14.9. The maximum Gasteiger partial charge on any atom is 0.0171 e. The van der Waals surface area contributed by atoms with E-state index in [0.29, 0.717) is 0 Å². The molecule has 0 aromatic heterocycles. The third-order valence-corrected chi connectivity index (χ3v) is 2.11. The van der Waals surface area contributed by atoms with E-state index in [4.69, 9.17) is 0 Å². The topological polar surface area (TPSA) is 12.0 Å². The highest BCUT2D eigenvalue weighted by Crippen LogP contribution is 2.22. The van der Waals surface area contributed by atoms with Crippen LogP contribution in [0.15, 0.2) is 23.8 Å². The lowest BCUT2D eigenvalue weighted by atomic mass is 9.95. The van der Waals surface area contributed by atoms with Gasteiger partial charge in [0.2, 0.25) is 0 Å². The van der Waals surface area contributed by atoms with E-state index in [-0.39, 0.29) is 0 Å². The minimum Gasteiger partial charge on any atom is -0.312 e. The maximum absolute atomic E-state index is 3.36. The second kappa shape index (κ2) is 1.99. The van der Waals surface area contributed by atoms with E-state index in [1.54, 1.807) is 5.57 Å². The van der Waals surface area contributed by atoms with E-state index >= 15 is 0 Å². The molecular formula is C8H11N. The van der Waals surface area contributed by atoms with Gasteiger partial charge in [0.15, 0.2) is 0 Å². The van der Waals surface area contributed by atoms with E-state index in [1.807, 2.05) is 0 Å². The summed E-state index contributed by atoms with van der Waals surface area (Å²) < 4.78 is 0. The van der Waals surface area contributed by atoms with Gasteiger partial charge in [-0.25, -0.2) is 0 Å². The minimum absolute atomic E-state index is 0.829. The smallest absolute Gasteiger partial charge is 0.0171 e. The van der Waals surface area contributed by atoms with Gasteiger partial charge in [0.05, 0.1) is 0 Å². The number of fused-ring (bicyclic) bond motifs is 1. The average molecular weight is 121 g/mol. The highest BCUT2D eigenvalue weighted by Gasteiger charge is 2.19. The molecule has 2 aliphatic rings. The van der Waals surface area contributed by atoms with E-state index in [9.17, 15) is 0 Å². The van der Waals surface area contributed by atoms with Gasteiger partial charge in [-0.15, -0.1) is 0 Å². The van der Waals surface area contributed by atoms with Gasteiger partial charge in [0.1, 0.15) is 0 Å². The van der Waals surface area contributed by atoms with Crippen molar-refractivity contribution in [2.45, 2.75) is 6.42 Å². The van der Waals surface area contributed by atoms with Crippen molar-refractivity contribution in [3.05, 3.63) is 23.8 Å². The maximum atomic E-state index is 3.36. The summed E-state index contributed by atoms with van der Waals surface area (Å²) in [7, 11) is 0. The zero-order valence-corrected chi connectivity index (χ0v) is 5.43. The molecule has 1 atom stereocenters. The van der Waals surface area contributed by atoms with Crippen molar-refractivity contribution < 1.29 is 0 Å². The molecule has 0 amide bonds. The minimum atomic E-state index is 0.829. The largest absolute Gasteiger partial charge is 0.312 e. The first-order valence-electron chi connectivity index (χ1n) is 3.53. The van der Waals surface area contributed by atoms with Crippen LogP contribution in [0.25, 0.3) is 0 Å². The lowest BCUT2D eigenvalue weighted by molar-refractivity contribution is 0.658. The monoisotopic (exact) mass is 121 g/mol. The van der Waals surface area contributed by atoms with E-state index in [1.165, 1.54) is 13.0 Å².